The molecule has 0 radical (unpaired) electrons. The zero-order chi connectivity index (χ0) is 20.4. The van der Waals surface area contributed by atoms with Crippen LogP contribution in [0, 0.1) is 0 Å². The fourth-order valence-electron chi connectivity index (χ4n) is 3.74. The second-order valence-electron chi connectivity index (χ2n) is 7.41. The van der Waals surface area contributed by atoms with Crippen molar-refractivity contribution < 1.29 is 9.59 Å². The number of nitrogens with one attached hydrogen (secondary N) is 1. The molecule has 1 aliphatic heterocycles. The summed E-state index contributed by atoms with van der Waals surface area (Å²) in [7, 11) is 2.01. The Balaban J connectivity index is 1.41. The predicted octanol–water partition coefficient (Wildman–Crippen LogP) is 2.49. The van der Waals surface area contributed by atoms with Gasteiger partial charge in [0.2, 0.25) is 5.91 Å². The molecule has 1 aliphatic rings. The minimum absolute atomic E-state index is 0.0941. The van der Waals surface area contributed by atoms with E-state index in [1.807, 2.05) is 60.5 Å². The molecular weight excluding hydrogens is 366 g/mol. The molecule has 1 saturated heterocycles. The Morgan fingerprint density at radius 3 is 2.45 bits per heavy atom. The molecule has 1 fully saturated rings. The molecule has 3 aromatic rings. The molecule has 7 heteroatoms. The van der Waals surface area contributed by atoms with Crippen LogP contribution in [0.4, 0.5) is 5.69 Å². The summed E-state index contributed by atoms with van der Waals surface area (Å²) in [5.74, 6) is 0.977. The molecule has 2 amide bonds. The van der Waals surface area contributed by atoms with Gasteiger partial charge in [0.1, 0.15) is 5.82 Å². The molecule has 0 spiro atoms. The number of aromatic nitrogens is 2. The monoisotopic (exact) mass is 391 g/mol. The lowest BCUT2D eigenvalue weighted by molar-refractivity contribution is -0.114. The molecule has 0 aliphatic carbocycles. The number of carbonyl (C=O) groups excluding carboxylic acids is 2. The molecule has 1 N–H and O–H groups in total. The van der Waals surface area contributed by atoms with Crippen molar-refractivity contribution in [2.75, 3.05) is 31.5 Å². The highest BCUT2D eigenvalue weighted by molar-refractivity contribution is 5.94. The smallest absolute Gasteiger partial charge is 0.253 e. The minimum atomic E-state index is -0.0941. The number of anilines is 1. The number of benzene rings is 2. The maximum absolute atomic E-state index is 12.6. The Hall–Kier alpha value is -3.19. The molecule has 1 aromatic heterocycles. The third-order valence-corrected chi connectivity index (χ3v) is 5.34. The maximum Gasteiger partial charge on any atom is 0.253 e. The van der Waals surface area contributed by atoms with Crippen molar-refractivity contribution in [1.82, 2.24) is 19.4 Å². The number of imidazole rings is 1. The van der Waals surface area contributed by atoms with Gasteiger partial charge in [-0.05, 0) is 30.3 Å². The molecule has 29 heavy (non-hydrogen) atoms. The molecule has 0 saturated carbocycles. The van der Waals surface area contributed by atoms with Crippen LogP contribution in [0.3, 0.4) is 0 Å². The van der Waals surface area contributed by atoms with Gasteiger partial charge < -0.3 is 14.8 Å². The molecule has 150 valence electrons. The molecular formula is C22H25N5O2. The summed E-state index contributed by atoms with van der Waals surface area (Å²) in [6.45, 7) is 5.29. The number of rotatable bonds is 4. The van der Waals surface area contributed by atoms with Gasteiger partial charge in [-0.15, -0.1) is 0 Å². The lowest BCUT2D eigenvalue weighted by Gasteiger charge is -2.34. The van der Waals surface area contributed by atoms with E-state index in [0.717, 1.165) is 47.7 Å². The predicted molar refractivity (Wildman–Crippen MR) is 113 cm³/mol. The van der Waals surface area contributed by atoms with E-state index in [-0.39, 0.29) is 11.8 Å². The average Bonchev–Trinajstić information content (AvgIpc) is 3.03. The van der Waals surface area contributed by atoms with Crippen molar-refractivity contribution in [3.8, 4) is 0 Å². The second kappa shape index (κ2) is 8.05. The van der Waals surface area contributed by atoms with Gasteiger partial charge in [-0.1, -0.05) is 18.2 Å². The Bertz CT molecular complexity index is 1040. The van der Waals surface area contributed by atoms with E-state index in [1.54, 1.807) is 0 Å². The van der Waals surface area contributed by atoms with Crippen LogP contribution in [0.2, 0.25) is 0 Å². The summed E-state index contributed by atoms with van der Waals surface area (Å²) in [4.78, 5) is 32.9. The summed E-state index contributed by atoms with van der Waals surface area (Å²) in [5.41, 5.74) is 3.40. The van der Waals surface area contributed by atoms with Crippen LogP contribution in [0.25, 0.3) is 11.0 Å². The lowest BCUT2D eigenvalue weighted by Crippen LogP contribution is -2.48. The molecule has 4 rings (SSSR count). The van der Waals surface area contributed by atoms with E-state index < -0.39 is 0 Å². The third kappa shape index (κ3) is 4.14. The highest BCUT2D eigenvalue weighted by Gasteiger charge is 2.23. The van der Waals surface area contributed by atoms with Gasteiger partial charge in [-0.25, -0.2) is 4.98 Å². The molecule has 7 nitrogen and oxygen atoms in total. The lowest BCUT2D eigenvalue weighted by atomic mass is 10.2. The van der Waals surface area contributed by atoms with E-state index in [0.29, 0.717) is 13.1 Å². The Kier molecular flexibility index (Phi) is 5.31. The first-order valence-corrected chi connectivity index (χ1v) is 9.81. The van der Waals surface area contributed by atoms with Gasteiger partial charge in [0.25, 0.3) is 5.91 Å². The van der Waals surface area contributed by atoms with Crippen molar-refractivity contribution in [3.05, 3.63) is 59.9 Å². The fourth-order valence-corrected chi connectivity index (χ4v) is 3.74. The number of nitrogens with zero attached hydrogens (tertiary/aromatic N) is 4. The largest absolute Gasteiger partial charge is 0.336 e. The topological polar surface area (TPSA) is 70.5 Å². The van der Waals surface area contributed by atoms with Gasteiger partial charge in [0.05, 0.1) is 17.6 Å². The quantitative estimate of drug-likeness (QED) is 0.742. The molecule has 0 bridgehead atoms. The van der Waals surface area contributed by atoms with Gasteiger partial charge in [-0.2, -0.15) is 0 Å². The number of hydrogen-bond donors (Lipinski definition) is 1. The van der Waals surface area contributed by atoms with Crippen LogP contribution in [-0.4, -0.2) is 57.3 Å². The second-order valence-corrected chi connectivity index (χ2v) is 7.41. The summed E-state index contributed by atoms with van der Waals surface area (Å²) >= 11 is 0. The highest BCUT2D eigenvalue weighted by atomic mass is 16.2. The first-order chi connectivity index (χ1) is 14.0. The fraction of sp³-hybridized carbons (Fsp3) is 0.318. The van der Waals surface area contributed by atoms with Gasteiger partial charge in [0, 0.05) is 51.4 Å². The van der Waals surface area contributed by atoms with Crippen LogP contribution in [0.5, 0.6) is 0 Å². The maximum atomic E-state index is 12.6. The zero-order valence-corrected chi connectivity index (χ0v) is 16.8. The summed E-state index contributed by atoms with van der Waals surface area (Å²) in [6.07, 6.45) is 0. The number of aryl methyl sites for hydroxylation is 1. The molecule has 2 aromatic carbocycles. The third-order valence-electron chi connectivity index (χ3n) is 5.34. The van der Waals surface area contributed by atoms with Crippen LogP contribution in [0.15, 0.2) is 48.5 Å². The van der Waals surface area contributed by atoms with E-state index in [9.17, 15) is 9.59 Å². The Morgan fingerprint density at radius 1 is 1.03 bits per heavy atom. The zero-order valence-electron chi connectivity index (χ0n) is 16.8. The molecule has 0 unspecified atom stereocenters. The minimum Gasteiger partial charge on any atom is -0.336 e. The van der Waals surface area contributed by atoms with Crippen LogP contribution in [0.1, 0.15) is 23.1 Å². The van der Waals surface area contributed by atoms with Crippen molar-refractivity contribution in [2.24, 2.45) is 7.05 Å². The standard InChI is InChI=1S/C22H25N5O2/c1-16(28)23-18-8-9-20-19(14-18)24-21(25(20)2)15-26-10-12-27(13-11-26)22(29)17-6-4-3-5-7-17/h3-9,14H,10-13,15H2,1-2H3,(H,23,28). The first kappa shape index (κ1) is 19.1. The van der Waals surface area contributed by atoms with Crippen LogP contribution >= 0.6 is 0 Å². The van der Waals surface area contributed by atoms with Crippen LogP contribution in [-0.2, 0) is 18.4 Å². The summed E-state index contributed by atoms with van der Waals surface area (Å²) in [6, 6.07) is 15.2. The van der Waals surface area contributed by atoms with E-state index in [4.69, 9.17) is 4.98 Å². The number of hydrogen-bond acceptors (Lipinski definition) is 4. The van der Waals surface area contributed by atoms with Crippen molar-refractivity contribution >= 4 is 28.5 Å². The Labute approximate surface area is 169 Å². The first-order valence-electron chi connectivity index (χ1n) is 9.81. The Morgan fingerprint density at radius 2 is 1.76 bits per heavy atom. The highest BCUT2D eigenvalue weighted by Crippen LogP contribution is 2.21. The van der Waals surface area contributed by atoms with Gasteiger partial charge in [-0.3, -0.25) is 14.5 Å². The SMILES string of the molecule is CC(=O)Nc1ccc2c(c1)nc(CN1CCN(C(=O)c3ccccc3)CC1)n2C. The number of piperazine rings is 1. The van der Waals surface area contributed by atoms with Crippen molar-refractivity contribution in [3.63, 3.8) is 0 Å². The molecule has 0 atom stereocenters. The van der Waals surface area contributed by atoms with Crippen molar-refractivity contribution in [1.29, 1.82) is 0 Å². The van der Waals surface area contributed by atoms with Crippen molar-refractivity contribution in [2.45, 2.75) is 13.5 Å². The number of amides is 2. The average molecular weight is 391 g/mol. The van der Waals surface area contributed by atoms with E-state index >= 15 is 0 Å². The molecule has 2 heterocycles. The van der Waals surface area contributed by atoms with Gasteiger partial charge in [0.15, 0.2) is 0 Å². The van der Waals surface area contributed by atoms with Crippen LogP contribution < -0.4 is 5.32 Å². The normalized spacial score (nSPS) is 14.9. The number of fused-ring (bicyclic) bond motifs is 1. The van der Waals surface area contributed by atoms with Gasteiger partial charge >= 0.3 is 0 Å². The summed E-state index contributed by atoms with van der Waals surface area (Å²) < 4.78 is 2.09. The summed E-state index contributed by atoms with van der Waals surface area (Å²) in [5, 5.41) is 2.80. The van der Waals surface area contributed by atoms with E-state index in [1.165, 1.54) is 6.92 Å². The van der Waals surface area contributed by atoms with E-state index in [2.05, 4.69) is 14.8 Å². The number of carbonyl (C=O) groups is 2.